The lowest BCUT2D eigenvalue weighted by Gasteiger charge is -2.15. The maximum Gasteiger partial charge on any atom is 0.148 e. The zero-order valence-electron chi connectivity index (χ0n) is 10.4. The molecule has 2 aromatic carbocycles. The summed E-state index contributed by atoms with van der Waals surface area (Å²) in [5, 5.41) is 3.47. The van der Waals surface area contributed by atoms with Gasteiger partial charge in [-0.3, -0.25) is 0 Å². The van der Waals surface area contributed by atoms with Crippen LogP contribution in [0.3, 0.4) is 0 Å². The van der Waals surface area contributed by atoms with Gasteiger partial charge in [0.2, 0.25) is 0 Å². The van der Waals surface area contributed by atoms with Crippen molar-refractivity contribution in [1.29, 1.82) is 0 Å². The van der Waals surface area contributed by atoms with Crippen molar-refractivity contribution in [2.24, 2.45) is 0 Å². The SMILES string of the molecule is CC(C)c1ccccc1Nc1c(F)cccc1Cl. The Bertz CT molecular complexity index is 532. The first-order valence-electron chi connectivity index (χ1n) is 5.89. The second kappa shape index (κ2) is 5.40. The van der Waals surface area contributed by atoms with Crippen LogP contribution in [0.25, 0.3) is 0 Å². The summed E-state index contributed by atoms with van der Waals surface area (Å²) >= 11 is 6.01. The first kappa shape index (κ1) is 12.9. The molecule has 0 radical (unpaired) electrons. The summed E-state index contributed by atoms with van der Waals surface area (Å²) in [6.07, 6.45) is 0. The number of hydrogen-bond acceptors (Lipinski definition) is 1. The molecule has 0 heterocycles. The van der Waals surface area contributed by atoms with Crippen LogP contribution in [-0.4, -0.2) is 0 Å². The molecule has 0 aliphatic rings. The number of anilines is 2. The molecule has 0 atom stereocenters. The second-order valence-electron chi connectivity index (χ2n) is 4.46. The number of para-hydroxylation sites is 2. The van der Waals surface area contributed by atoms with Crippen LogP contribution in [-0.2, 0) is 0 Å². The number of rotatable bonds is 3. The van der Waals surface area contributed by atoms with Crippen molar-refractivity contribution in [3.8, 4) is 0 Å². The molecule has 0 fully saturated rings. The van der Waals surface area contributed by atoms with Crippen LogP contribution in [0.5, 0.6) is 0 Å². The van der Waals surface area contributed by atoms with Crippen molar-refractivity contribution in [2.75, 3.05) is 5.32 Å². The molecular formula is C15H15ClFN. The third-order valence-electron chi connectivity index (χ3n) is 2.81. The highest BCUT2D eigenvalue weighted by molar-refractivity contribution is 6.33. The Labute approximate surface area is 112 Å². The third-order valence-corrected chi connectivity index (χ3v) is 3.12. The van der Waals surface area contributed by atoms with Crippen LogP contribution in [0.15, 0.2) is 42.5 Å². The highest BCUT2D eigenvalue weighted by Gasteiger charge is 2.10. The average Bonchev–Trinajstić information content (AvgIpc) is 2.34. The zero-order chi connectivity index (χ0) is 13.1. The van der Waals surface area contributed by atoms with Crippen LogP contribution < -0.4 is 5.32 Å². The Morgan fingerprint density at radius 3 is 2.44 bits per heavy atom. The molecule has 0 aliphatic carbocycles. The van der Waals surface area contributed by atoms with Gasteiger partial charge in [0.05, 0.1) is 10.7 Å². The number of hydrogen-bond donors (Lipinski definition) is 1. The highest BCUT2D eigenvalue weighted by Crippen LogP contribution is 2.31. The van der Waals surface area contributed by atoms with E-state index >= 15 is 0 Å². The van der Waals surface area contributed by atoms with Crippen LogP contribution in [0.2, 0.25) is 5.02 Å². The van der Waals surface area contributed by atoms with Crippen LogP contribution in [0, 0.1) is 5.82 Å². The molecule has 0 bridgehead atoms. The minimum absolute atomic E-state index is 0.326. The van der Waals surface area contributed by atoms with Gasteiger partial charge in [0, 0.05) is 5.69 Å². The van der Waals surface area contributed by atoms with Gasteiger partial charge >= 0.3 is 0 Å². The smallest absolute Gasteiger partial charge is 0.148 e. The zero-order valence-corrected chi connectivity index (χ0v) is 11.1. The van der Waals surface area contributed by atoms with E-state index in [4.69, 9.17) is 11.6 Å². The quantitative estimate of drug-likeness (QED) is 0.787. The monoisotopic (exact) mass is 263 g/mol. The first-order valence-corrected chi connectivity index (χ1v) is 6.27. The fourth-order valence-corrected chi connectivity index (χ4v) is 2.08. The van der Waals surface area contributed by atoms with Gasteiger partial charge in [-0.2, -0.15) is 0 Å². The normalized spacial score (nSPS) is 10.7. The van der Waals surface area contributed by atoms with Gasteiger partial charge in [-0.1, -0.05) is 49.7 Å². The summed E-state index contributed by atoms with van der Waals surface area (Å²) < 4.78 is 13.7. The molecule has 2 aromatic rings. The molecule has 0 aromatic heterocycles. The lowest BCUT2D eigenvalue weighted by molar-refractivity contribution is 0.632. The van der Waals surface area contributed by atoms with E-state index in [1.807, 2.05) is 24.3 Å². The summed E-state index contributed by atoms with van der Waals surface area (Å²) in [6, 6.07) is 12.5. The van der Waals surface area contributed by atoms with E-state index in [9.17, 15) is 4.39 Å². The summed E-state index contributed by atoms with van der Waals surface area (Å²) in [6.45, 7) is 4.20. The lowest BCUT2D eigenvalue weighted by atomic mass is 10.0. The van der Waals surface area contributed by atoms with Crippen LogP contribution >= 0.6 is 11.6 Å². The number of benzene rings is 2. The van der Waals surface area contributed by atoms with E-state index in [0.717, 1.165) is 11.3 Å². The Balaban J connectivity index is 2.40. The topological polar surface area (TPSA) is 12.0 Å². The van der Waals surface area contributed by atoms with Crippen molar-refractivity contribution in [1.82, 2.24) is 0 Å². The molecule has 1 N–H and O–H groups in total. The minimum atomic E-state index is -0.346. The molecule has 0 saturated heterocycles. The van der Waals surface area contributed by atoms with Crippen LogP contribution in [0.4, 0.5) is 15.8 Å². The highest BCUT2D eigenvalue weighted by atomic mass is 35.5. The van der Waals surface area contributed by atoms with E-state index < -0.39 is 0 Å². The summed E-state index contributed by atoms with van der Waals surface area (Å²) in [5.41, 5.74) is 2.35. The molecule has 0 saturated carbocycles. The summed E-state index contributed by atoms with van der Waals surface area (Å²) in [4.78, 5) is 0. The second-order valence-corrected chi connectivity index (χ2v) is 4.87. The lowest BCUT2D eigenvalue weighted by Crippen LogP contribution is -1.99. The molecule has 0 amide bonds. The fraction of sp³-hybridized carbons (Fsp3) is 0.200. The van der Waals surface area contributed by atoms with Gasteiger partial charge in [0.25, 0.3) is 0 Å². The van der Waals surface area contributed by atoms with Gasteiger partial charge in [-0.25, -0.2) is 4.39 Å². The van der Waals surface area contributed by atoms with Crippen molar-refractivity contribution in [3.63, 3.8) is 0 Å². The van der Waals surface area contributed by atoms with Gasteiger partial charge in [-0.15, -0.1) is 0 Å². The third kappa shape index (κ3) is 2.65. The first-order chi connectivity index (χ1) is 8.59. The molecule has 0 aliphatic heterocycles. The van der Waals surface area contributed by atoms with E-state index in [1.54, 1.807) is 12.1 Å². The van der Waals surface area contributed by atoms with E-state index in [1.165, 1.54) is 6.07 Å². The summed E-state index contributed by atoms with van der Waals surface area (Å²) in [7, 11) is 0. The van der Waals surface area contributed by atoms with Gasteiger partial charge < -0.3 is 5.32 Å². The largest absolute Gasteiger partial charge is 0.352 e. The maximum absolute atomic E-state index is 13.7. The maximum atomic E-state index is 13.7. The van der Waals surface area contributed by atoms with E-state index in [-0.39, 0.29) is 5.82 Å². The minimum Gasteiger partial charge on any atom is -0.352 e. The van der Waals surface area contributed by atoms with Gasteiger partial charge in [0.15, 0.2) is 0 Å². The molecular weight excluding hydrogens is 249 g/mol. The Hall–Kier alpha value is -1.54. The van der Waals surface area contributed by atoms with E-state index in [0.29, 0.717) is 16.6 Å². The predicted molar refractivity (Wildman–Crippen MR) is 75.2 cm³/mol. The Morgan fingerprint density at radius 1 is 1.06 bits per heavy atom. The molecule has 18 heavy (non-hydrogen) atoms. The Morgan fingerprint density at radius 2 is 1.78 bits per heavy atom. The van der Waals surface area contributed by atoms with Crippen molar-refractivity contribution < 1.29 is 4.39 Å². The van der Waals surface area contributed by atoms with Crippen LogP contribution in [0.1, 0.15) is 25.3 Å². The molecule has 0 unspecified atom stereocenters. The summed E-state index contributed by atoms with van der Waals surface area (Å²) in [5.74, 6) is 0.0142. The molecule has 2 rings (SSSR count). The fourth-order valence-electron chi connectivity index (χ4n) is 1.87. The predicted octanol–water partition coefficient (Wildman–Crippen LogP) is 5.35. The number of halogens is 2. The molecule has 94 valence electrons. The number of nitrogens with one attached hydrogen (secondary N) is 1. The molecule has 1 nitrogen and oxygen atoms in total. The van der Waals surface area contributed by atoms with Crippen molar-refractivity contribution >= 4 is 23.0 Å². The molecule has 0 spiro atoms. The van der Waals surface area contributed by atoms with Crippen molar-refractivity contribution in [3.05, 3.63) is 58.9 Å². The van der Waals surface area contributed by atoms with E-state index in [2.05, 4.69) is 19.2 Å². The van der Waals surface area contributed by atoms with Gasteiger partial charge in [0.1, 0.15) is 5.82 Å². The van der Waals surface area contributed by atoms with Gasteiger partial charge in [-0.05, 0) is 29.7 Å². The van der Waals surface area contributed by atoms with Crippen molar-refractivity contribution in [2.45, 2.75) is 19.8 Å². The Kier molecular flexibility index (Phi) is 3.87. The standard InChI is InChI=1S/C15H15ClFN/c1-10(2)11-6-3-4-9-14(11)18-15-12(16)7-5-8-13(15)17/h3-10,18H,1-2H3. The molecule has 3 heteroatoms. The average molecular weight is 264 g/mol.